The number of nitrogens with zero attached hydrogens (tertiary/aromatic N) is 1. The molecule has 0 spiro atoms. The van der Waals surface area contributed by atoms with E-state index in [-0.39, 0.29) is 6.04 Å². The monoisotopic (exact) mass is 322 g/mol. The third kappa shape index (κ3) is 9.45. The number of nitrogens with one attached hydrogen (secondary N) is 1. The summed E-state index contributed by atoms with van der Waals surface area (Å²) >= 11 is 0. The van der Waals surface area contributed by atoms with Gasteiger partial charge in [0.1, 0.15) is 5.37 Å². The van der Waals surface area contributed by atoms with Crippen molar-refractivity contribution in [3.63, 3.8) is 0 Å². The Morgan fingerprint density at radius 1 is 1.05 bits per heavy atom. The Morgan fingerprint density at radius 2 is 1.52 bits per heavy atom. The van der Waals surface area contributed by atoms with Crippen molar-refractivity contribution in [2.75, 3.05) is 19.6 Å². The van der Waals surface area contributed by atoms with Crippen molar-refractivity contribution in [1.29, 1.82) is 0 Å². The predicted molar refractivity (Wildman–Crippen MR) is 89.1 cm³/mol. The first-order valence-electron chi connectivity index (χ1n) is 8.33. The summed E-state index contributed by atoms with van der Waals surface area (Å²) in [7, 11) is -3.93. The van der Waals surface area contributed by atoms with Gasteiger partial charge in [0.15, 0.2) is 0 Å². The zero-order valence-corrected chi connectivity index (χ0v) is 15.0. The maximum Gasteiger partial charge on any atom is 0.281 e. The van der Waals surface area contributed by atoms with E-state index in [0.717, 1.165) is 25.7 Å². The standard InChI is InChI=1S/C9H19NO3S.C6H15N/c1-2-9(14(11,12)13)10-8-6-4-3-5-7-8;1-4-7(5-2)6-3/h8-10H,2-7H2,1H3,(H,11,12,13);4-6H2,1-3H3. The van der Waals surface area contributed by atoms with E-state index in [0.29, 0.717) is 6.42 Å². The fourth-order valence-electron chi connectivity index (χ4n) is 2.62. The Labute approximate surface area is 131 Å². The Kier molecular flexibility index (Phi) is 11.3. The lowest BCUT2D eigenvalue weighted by Gasteiger charge is -2.26. The molecule has 1 unspecified atom stereocenters. The van der Waals surface area contributed by atoms with Gasteiger partial charge in [0, 0.05) is 6.04 Å². The third-order valence-electron chi connectivity index (χ3n) is 4.10. The fourth-order valence-corrected chi connectivity index (χ4v) is 3.40. The molecule has 0 heterocycles. The molecule has 0 aliphatic heterocycles. The van der Waals surface area contributed by atoms with Crippen LogP contribution in [-0.2, 0) is 10.1 Å². The van der Waals surface area contributed by atoms with Crippen LogP contribution in [0.5, 0.6) is 0 Å². The van der Waals surface area contributed by atoms with E-state index in [1.54, 1.807) is 6.92 Å². The molecule has 128 valence electrons. The molecule has 1 aliphatic rings. The van der Waals surface area contributed by atoms with E-state index in [9.17, 15) is 8.42 Å². The Balaban J connectivity index is 0.000000486. The molecule has 2 N–H and O–H groups in total. The molecule has 0 aromatic carbocycles. The molecule has 0 saturated heterocycles. The van der Waals surface area contributed by atoms with Crippen LogP contribution < -0.4 is 5.32 Å². The molecule has 1 rings (SSSR count). The van der Waals surface area contributed by atoms with Gasteiger partial charge in [-0.2, -0.15) is 8.42 Å². The van der Waals surface area contributed by atoms with Gasteiger partial charge in [-0.25, -0.2) is 0 Å². The lowest BCUT2D eigenvalue weighted by atomic mass is 9.95. The number of hydrogen-bond donors (Lipinski definition) is 2. The Bertz CT molecular complexity index is 331. The van der Waals surface area contributed by atoms with Gasteiger partial charge < -0.3 is 4.90 Å². The minimum absolute atomic E-state index is 0.260. The van der Waals surface area contributed by atoms with Crippen LogP contribution in [0.1, 0.15) is 66.2 Å². The molecule has 1 fully saturated rings. The molecular weight excluding hydrogens is 288 g/mol. The Morgan fingerprint density at radius 3 is 1.81 bits per heavy atom. The van der Waals surface area contributed by atoms with Crippen molar-refractivity contribution in [3.8, 4) is 0 Å². The molecule has 0 aromatic rings. The summed E-state index contributed by atoms with van der Waals surface area (Å²) in [6.07, 6.45) is 5.99. The van der Waals surface area contributed by atoms with Gasteiger partial charge in [0.05, 0.1) is 0 Å². The summed E-state index contributed by atoms with van der Waals surface area (Å²) < 4.78 is 30.8. The van der Waals surface area contributed by atoms with E-state index in [1.165, 1.54) is 26.1 Å². The molecule has 1 saturated carbocycles. The van der Waals surface area contributed by atoms with E-state index in [2.05, 4.69) is 31.0 Å². The summed E-state index contributed by atoms with van der Waals surface area (Å²) in [4.78, 5) is 2.38. The second-order valence-electron chi connectivity index (χ2n) is 5.53. The van der Waals surface area contributed by atoms with Crippen LogP contribution >= 0.6 is 0 Å². The number of hydrogen-bond acceptors (Lipinski definition) is 4. The minimum Gasteiger partial charge on any atom is -0.304 e. The molecular formula is C15H34N2O3S. The van der Waals surface area contributed by atoms with Crippen molar-refractivity contribution in [1.82, 2.24) is 10.2 Å². The lowest BCUT2D eigenvalue weighted by Crippen LogP contribution is -2.43. The van der Waals surface area contributed by atoms with Crippen LogP contribution in [-0.4, -0.2) is 48.9 Å². The second-order valence-corrected chi connectivity index (χ2v) is 7.13. The van der Waals surface area contributed by atoms with E-state index in [4.69, 9.17) is 4.55 Å². The quantitative estimate of drug-likeness (QED) is 0.705. The maximum atomic E-state index is 10.9. The van der Waals surface area contributed by atoms with Gasteiger partial charge in [-0.15, -0.1) is 0 Å². The SMILES string of the molecule is CCC(NC1CCCCC1)S(=O)(=O)O.CCN(CC)CC. The first-order chi connectivity index (χ1) is 9.88. The molecule has 0 aromatic heterocycles. The second kappa shape index (κ2) is 11.4. The first-order valence-corrected chi connectivity index (χ1v) is 9.83. The molecule has 21 heavy (non-hydrogen) atoms. The van der Waals surface area contributed by atoms with Gasteiger partial charge >= 0.3 is 0 Å². The van der Waals surface area contributed by atoms with Crippen LogP contribution in [0, 0.1) is 0 Å². The summed E-state index contributed by atoms with van der Waals surface area (Å²) in [6, 6.07) is 0.260. The summed E-state index contributed by atoms with van der Waals surface area (Å²) in [5, 5.41) is 2.22. The van der Waals surface area contributed by atoms with Gasteiger partial charge in [-0.05, 0) is 38.9 Å². The normalized spacial score (nSPS) is 18.2. The van der Waals surface area contributed by atoms with E-state index >= 15 is 0 Å². The highest BCUT2D eigenvalue weighted by atomic mass is 32.2. The van der Waals surface area contributed by atoms with Gasteiger partial charge in [-0.3, -0.25) is 9.87 Å². The van der Waals surface area contributed by atoms with E-state index < -0.39 is 15.5 Å². The number of rotatable bonds is 7. The maximum absolute atomic E-state index is 10.9. The van der Waals surface area contributed by atoms with Crippen LogP contribution in [0.4, 0.5) is 0 Å². The first kappa shape index (κ1) is 20.8. The van der Waals surface area contributed by atoms with Gasteiger partial charge in [-0.1, -0.05) is 47.0 Å². The topological polar surface area (TPSA) is 69.6 Å². The Hall–Kier alpha value is -0.170. The van der Waals surface area contributed by atoms with Crippen molar-refractivity contribution in [2.45, 2.75) is 77.6 Å². The molecule has 6 heteroatoms. The van der Waals surface area contributed by atoms with Crippen LogP contribution in [0.25, 0.3) is 0 Å². The predicted octanol–water partition coefficient (Wildman–Crippen LogP) is 2.88. The van der Waals surface area contributed by atoms with Crippen molar-refractivity contribution >= 4 is 10.1 Å². The molecule has 0 amide bonds. The van der Waals surface area contributed by atoms with Gasteiger partial charge in [0.2, 0.25) is 0 Å². The van der Waals surface area contributed by atoms with Crippen LogP contribution in [0.3, 0.4) is 0 Å². The average molecular weight is 323 g/mol. The van der Waals surface area contributed by atoms with Crippen LogP contribution in [0.15, 0.2) is 0 Å². The summed E-state index contributed by atoms with van der Waals surface area (Å²) in [6.45, 7) is 11.9. The zero-order chi connectivity index (χ0) is 16.3. The highest BCUT2D eigenvalue weighted by Crippen LogP contribution is 2.18. The van der Waals surface area contributed by atoms with Crippen molar-refractivity contribution < 1.29 is 13.0 Å². The fraction of sp³-hybridized carbons (Fsp3) is 1.00. The highest BCUT2D eigenvalue weighted by molar-refractivity contribution is 7.86. The summed E-state index contributed by atoms with van der Waals surface area (Å²) in [5.74, 6) is 0. The smallest absolute Gasteiger partial charge is 0.281 e. The molecule has 1 atom stereocenters. The molecule has 0 bridgehead atoms. The van der Waals surface area contributed by atoms with E-state index in [1.807, 2.05) is 0 Å². The molecule has 0 radical (unpaired) electrons. The van der Waals surface area contributed by atoms with Crippen molar-refractivity contribution in [3.05, 3.63) is 0 Å². The molecule has 5 nitrogen and oxygen atoms in total. The third-order valence-corrected chi connectivity index (χ3v) is 5.29. The largest absolute Gasteiger partial charge is 0.304 e. The molecule has 1 aliphatic carbocycles. The summed E-state index contributed by atoms with van der Waals surface area (Å²) in [5.41, 5.74) is 0. The minimum atomic E-state index is -3.93. The highest BCUT2D eigenvalue weighted by Gasteiger charge is 2.24. The van der Waals surface area contributed by atoms with Crippen molar-refractivity contribution in [2.24, 2.45) is 0 Å². The van der Waals surface area contributed by atoms with Gasteiger partial charge in [0.25, 0.3) is 10.1 Å². The average Bonchev–Trinajstić information content (AvgIpc) is 2.47. The lowest BCUT2D eigenvalue weighted by molar-refractivity contribution is 0.321. The zero-order valence-electron chi connectivity index (χ0n) is 14.1. The van der Waals surface area contributed by atoms with Crippen LogP contribution in [0.2, 0.25) is 0 Å².